The number of aryl methyl sites for hydroxylation is 1. The van der Waals surface area contributed by atoms with Crippen molar-refractivity contribution in [3.8, 4) is 0 Å². The number of nitrogens with zero attached hydrogens (tertiary/aromatic N) is 4. The molecule has 0 atom stereocenters. The number of anilines is 1. The minimum absolute atomic E-state index is 0.0347. The molecule has 3 rings (SSSR count). The van der Waals surface area contributed by atoms with Crippen molar-refractivity contribution in [3.05, 3.63) is 54.1 Å². The summed E-state index contributed by atoms with van der Waals surface area (Å²) < 4.78 is 0. The van der Waals surface area contributed by atoms with Crippen LogP contribution in [0.1, 0.15) is 16.1 Å². The van der Waals surface area contributed by atoms with Crippen LogP contribution in [0.5, 0.6) is 0 Å². The molecule has 2 aromatic rings. The monoisotopic (exact) mass is 282 g/mol. The average Bonchev–Trinajstić information content (AvgIpc) is 2.56. The lowest BCUT2D eigenvalue weighted by atomic mass is 10.1. The molecule has 0 radical (unpaired) electrons. The summed E-state index contributed by atoms with van der Waals surface area (Å²) in [4.78, 5) is 24.5. The van der Waals surface area contributed by atoms with Gasteiger partial charge in [-0.05, 0) is 18.6 Å². The van der Waals surface area contributed by atoms with Crippen LogP contribution in [0.25, 0.3) is 0 Å². The van der Waals surface area contributed by atoms with E-state index in [9.17, 15) is 4.79 Å². The molecule has 1 aromatic carbocycles. The van der Waals surface area contributed by atoms with Gasteiger partial charge in [-0.2, -0.15) is 0 Å². The van der Waals surface area contributed by atoms with Crippen LogP contribution in [-0.2, 0) is 0 Å². The van der Waals surface area contributed by atoms with Crippen molar-refractivity contribution in [3.63, 3.8) is 0 Å². The minimum atomic E-state index is -0.0347. The van der Waals surface area contributed by atoms with Gasteiger partial charge in [0.15, 0.2) is 0 Å². The summed E-state index contributed by atoms with van der Waals surface area (Å²) >= 11 is 0. The Morgan fingerprint density at radius 3 is 2.52 bits per heavy atom. The van der Waals surface area contributed by atoms with Gasteiger partial charge in [-0.15, -0.1) is 0 Å². The summed E-state index contributed by atoms with van der Waals surface area (Å²) in [7, 11) is 0. The van der Waals surface area contributed by atoms with E-state index < -0.39 is 0 Å². The molecule has 2 heterocycles. The number of amides is 1. The summed E-state index contributed by atoms with van der Waals surface area (Å²) in [5.74, 6) is -0.0347. The van der Waals surface area contributed by atoms with Gasteiger partial charge in [-0.25, -0.2) is 4.98 Å². The van der Waals surface area contributed by atoms with Crippen molar-refractivity contribution in [2.24, 2.45) is 0 Å². The molecule has 1 amide bonds. The largest absolute Gasteiger partial charge is 0.368 e. The van der Waals surface area contributed by atoms with Crippen molar-refractivity contribution in [2.75, 3.05) is 31.1 Å². The first-order valence-corrected chi connectivity index (χ1v) is 7.11. The van der Waals surface area contributed by atoms with Crippen LogP contribution in [0.4, 0.5) is 5.69 Å². The van der Waals surface area contributed by atoms with Gasteiger partial charge in [0.25, 0.3) is 5.91 Å². The predicted molar refractivity (Wildman–Crippen MR) is 81.3 cm³/mol. The molecule has 21 heavy (non-hydrogen) atoms. The SMILES string of the molecule is Cc1ccccc1N1CCN(C(=O)c2cnccn2)CC1. The molecule has 0 unspecified atom stereocenters. The fourth-order valence-corrected chi connectivity index (χ4v) is 2.64. The number of carbonyl (C=O) groups is 1. The number of piperazine rings is 1. The lowest BCUT2D eigenvalue weighted by Crippen LogP contribution is -2.49. The number of carbonyl (C=O) groups excluding carboxylic acids is 1. The minimum Gasteiger partial charge on any atom is -0.368 e. The molecule has 1 aliphatic heterocycles. The third-order valence-electron chi connectivity index (χ3n) is 3.81. The molecule has 0 bridgehead atoms. The maximum atomic E-state index is 12.3. The van der Waals surface area contributed by atoms with E-state index in [1.807, 2.05) is 11.0 Å². The Morgan fingerprint density at radius 1 is 1.10 bits per heavy atom. The van der Waals surface area contributed by atoms with Crippen molar-refractivity contribution in [1.82, 2.24) is 14.9 Å². The molecular formula is C16H18N4O. The van der Waals surface area contributed by atoms with Gasteiger partial charge in [0, 0.05) is 44.3 Å². The van der Waals surface area contributed by atoms with Crippen LogP contribution in [0.3, 0.4) is 0 Å². The van der Waals surface area contributed by atoms with E-state index in [0.717, 1.165) is 13.1 Å². The highest BCUT2D eigenvalue weighted by atomic mass is 16.2. The first kappa shape index (κ1) is 13.5. The molecule has 1 aliphatic rings. The molecule has 0 N–H and O–H groups in total. The molecule has 1 aromatic heterocycles. The molecule has 1 saturated heterocycles. The van der Waals surface area contributed by atoms with E-state index in [2.05, 4.69) is 40.0 Å². The van der Waals surface area contributed by atoms with E-state index >= 15 is 0 Å². The van der Waals surface area contributed by atoms with Gasteiger partial charge < -0.3 is 9.80 Å². The highest BCUT2D eigenvalue weighted by molar-refractivity contribution is 5.92. The first-order chi connectivity index (χ1) is 10.3. The summed E-state index contributed by atoms with van der Waals surface area (Å²) in [6, 6.07) is 8.36. The maximum absolute atomic E-state index is 12.3. The Bertz CT molecular complexity index is 621. The Balaban J connectivity index is 1.66. The Labute approximate surface area is 124 Å². The molecule has 0 aliphatic carbocycles. The van der Waals surface area contributed by atoms with Gasteiger partial charge >= 0.3 is 0 Å². The van der Waals surface area contributed by atoms with E-state index in [-0.39, 0.29) is 5.91 Å². The quantitative estimate of drug-likeness (QED) is 0.842. The van der Waals surface area contributed by atoms with E-state index in [1.165, 1.54) is 17.4 Å². The summed E-state index contributed by atoms with van der Waals surface area (Å²) in [5, 5.41) is 0. The van der Waals surface area contributed by atoms with Crippen molar-refractivity contribution >= 4 is 11.6 Å². The van der Waals surface area contributed by atoms with Crippen molar-refractivity contribution in [2.45, 2.75) is 6.92 Å². The van der Waals surface area contributed by atoms with Crippen molar-refractivity contribution in [1.29, 1.82) is 0 Å². The maximum Gasteiger partial charge on any atom is 0.274 e. The number of benzene rings is 1. The Morgan fingerprint density at radius 2 is 1.86 bits per heavy atom. The van der Waals surface area contributed by atoms with Crippen LogP contribution < -0.4 is 4.90 Å². The number of hydrogen-bond donors (Lipinski definition) is 0. The summed E-state index contributed by atoms with van der Waals surface area (Å²) in [6.45, 7) is 5.23. The molecule has 1 fully saturated rings. The summed E-state index contributed by atoms with van der Waals surface area (Å²) in [6.07, 6.45) is 4.65. The topological polar surface area (TPSA) is 49.3 Å². The standard InChI is InChI=1S/C16H18N4O/c1-13-4-2-3-5-15(13)19-8-10-20(11-9-19)16(21)14-12-17-6-7-18-14/h2-7,12H,8-11H2,1H3. The number of aromatic nitrogens is 2. The van der Waals surface area contributed by atoms with E-state index in [4.69, 9.17) is 0 Å². The van der Waals surface area contributed by atoms with E-state index in [1.54, 1.807) is 12.4 Å². The third-order valence-corrected chi connectivity index (χ3v) is 3.81. The zero-order valence-corrected chi connectivity index (χ0v) is 12.1. The van der Waals surface area contributed by atoms with Gasteiger partial charge in [0.2, 0.25) is 0 Å². The fraction of sp³-hybridized carbons (Fsp3) is 0.312. The van der Waals surface area contributed by atoms with Crippen LogP contribution >= 0.6 is 0 Å². The first-order valence-electron chi connectivity index (χ1n) is 7.11. The number of para-hydroxylation sites is 1. The predicted octanol–water partition coefficient (Wildman–Crippen LogP) is 1.75. The normalized spacial score (nSPS) is 15.1. The Kier molecular flexibility index (Phi) is 3.81. The zero-order chi connectivity index (χ0) is 14.7. The Hall–Kier alpha value is -2.43. The van der Waals surface area contributed by atoms with Gasteiger partial charge in [-0.1, -0.05) is 18.2 Å². The van der Waals surface area contributed by atoms with Crippen LogP contribution in [0, 0.1) is 6.92 Å². The van der Waals surface area contributed by atoms with Gasteiger partial charge in [0.05, 0.1) is 6.20 Å². The zero-order valence-electron chi connectivity index (χ0n) is 12.1. The lowest BCUT2D eigenvalue weighted by molar-refractivity contribution is 0.0740. The third kappa shape index (κ3) is 2.86. The highest BCUT2D eigenvalue weighted by Gasteiger charge is 2.23. The second-order valence-electron chi connectivity index (χ2n) is 5.16. The van der Waals surface area contributed by atoms with Crippen molar-refractivity contribution < 1.29 is 4.79 Å². The molecule has 108 valence electrons. The lowest BCUT2D eigenvalue weighted by Gasteiger charge is -2.36. The molecule has 5 heteroatoms. The molecule has 5 nitrogen and oxygen atoms in total. The number of hydrogen-bond acceptors (Lipinski definition) is 4. The van der Waals surface area contributed by atoms with E-state index in [0.29, 0.717) is 18.8 Å². The molecule has 0 spiro atoms. The molecule has 0 saturated carbocycles. The van der Waals surface area contributed by atoms with Gasteiger partial charge in [0.1, 0.15) is 5.69 Å². The fourth-order valence-electron chi connectivity index (χ4n) is 2.64. The smallest absolute Gasteiger partial charge is 0.274 e. The summed E-state index contributed by atoms with van der Waals surface area (Å²) in [5.41, 5.74) is 2.94. The highest BCUT2D eigenvalue weighted by Crippen LogP contribution is 2.21. The van der Waals surface area contributed by atoms with Gasteiger partial charge in [-0.3, -0.25) is 9.78 Å². The van der Waals surface area contributed by atoms with Crippen LogP contribution in [0.2, 0.25) is 0 Å². The molecular weight excluding hydrogens is 264 g/mol. The second kappa shape index (κ2) is 5.91. The average molecular weight is 282 g/mol. The van der Waals surface area contributed by atoms with Crippen LogP contribution in [-0.4, -0.2) is 47.0 Å². The second-order valence-corrected chi connectivity index (χ2v) is 5.16. The van der Waals surface area contributed by atoms with Crippen LogP contribution in [0.15, 0.2) is 42.9 Å². The number of rotatable bonds is 2.